The van der Waals surface area contributed by atoms with Gasteiger partial charge in [0.2, 0.25) is 5.91 Å². The largest absolute Gasteiger partial charge is 0.464 e. The molecule has 0 aliphatic heterocycles. The predicted octanol–water partition coefficient (Wildman–Crippen LogP) is 2.65. The maximum Gasteiger partial charge on any atom is 0.358 e. The number of ether oxygens (including phenoxy) is 2. The van der Waals surface area contributed by atoms with Gasteiger partial charge in [-0.05, 0) is 12.5 Å². The van der Waals surface area contributed by atoms with Crippen LogP contribution in [0, 0.1) is 0 Å². The monoisotopic (exact) mass is 360 g/mol. The number of nitrogens with zero attached hydrogens (tertiary/aromatic N) is 1. The van der Waals surface area contributed by atoms with Gasteiger partial charge in [-0.15, -0.1) is 0 Å². The van der Waals surface area contributed by atoms with Gasteiger partial charge in [-0.2, -0.15) is 0 Å². The van der Waals surface area contributed by atoms with E-state index in [-0.39, 0.29) is 17.4 Å². The first-order valence-corrected chi connectivity index (χ1v) is 8.17. The molecule has 0 aliphatic carbocycles. The predicted molar refractivity (Wildman–Crippen MR) is 93.3 cm³/mol. The summed E-state index contributed by atoms with van der Waals surface area (Å²) in [5, 5.41) is 2.74. The zero-order chi connectivity index (χ0) is 18.2. The highest BCUT2D eigenvalue weighted by atomic mass is 32.1. The molecular formula is C17H16N2O5S. The fraction of sp³-hybridized carbons (Fsp3) is 0.176. The molecule has 0 fully saturated rings. The topological polar surface area (TPSA) is 94.6 Å². The number of carbonyl (C=O) groups is 3. The highest BCUT2D eigenvalue weighted by Crippen LogP contribution is 2.33. The van der Waals surface area contributed by atoms with E-state index in [1.54, 1.807) is 6.92 Å². The Labute approximate surface area is 148 Å². The van der Waals surface area contributed by atoms with Crippen molar-refractivity contribution in [3.63, 3.8) is 0 Å². The van der Waals surface area contributed by atoms with E-state index in [1.165, 1.54) is 7.11 Å². The zero-order valence-corrected chi connectivity index (χ0v) is 14.5. The molecule has 8 heteroatoms. The minimum absolute atomic E-state index is 0.114. The van der Waals surface area contributed by atoms with Gasteiger partial charge in [0.1, 0.15) is 0 Å². The molecule has 130 valence electrons. The molecule has 0 bridgehead atoms. The van der Waals surface area contributed by atoms with Crippen LogP contribution < -0.4 is 5.32 Å². The molecule has 2 aromatic rings. The van der Waals surface area contributed by atoms with Crippen LogP contribution in [0.4, 0.5) is 5.13 Å². The van der Waals surface area contributed by atoms with Gasteiger partial charge < -0.3 is 9.47 Å². The van der Waals surface area contributed by atoms with Crippen molar-refractivity contribution in [3.05, 3.63) is 48.2 Å². The second-order valence-corrected chi connectivity index (χ2v) is 5.63. The number of aromatic nitrogens is 1. The van der Waals surface area contributed by atoms with Crippen LogP contribution in [0.1, 0.15) is 17.4 Å². The number of hydrogen-bond acceptors (Lipinski definition) is 7. The van der Waals surface area contributed by atoms with Gasteiger partial charge in [0.25, 0.3) is 0 Å². The smallest absolute Gasteiger partial charge is 0.358 e. The Balaban J connectivity index is 2.22. The highest BCUT2D eigenvalue weighted by molar-refractivity contribution is 7.19. The molecule has 1 amide bonds. The molecule has 0 spiro atoms. The fourth-order valence-electron chi connectivity index (χ4n) is 1.87. The Bertz CT molecular complexity index is 799. The number of carbonyl (C=O) groups excluding carboxylic acids is 3. The maximum atomic E-state index is 11.9. The lowest BCUT2D eigenvalue weighted by Crippen LogP contribution is -2.10. The lowest BCUT2D eigenvalue weighted by Gasteiger charge is -1.99. The average Bonchev–Trinajstić information content (AvgIpc) is 3.04. The molecule has 0 atom stereocenters. The van der Waals surface area contributed by atoms with Gasteiger partial charge in [-0.3, -0.25) is 10.1 Å². The Hall–Kier alpha value is -3.00. The van der Waals surface area contributed by atoms with Crippen LogP contribution in [-0.2, 0) is 19.1 Å². The molecule has 0 saturated carbocycles. The maximum absolute atomic E-state index is 11.9. The van der Waals surface area contributed by atoms with Crippen molar-refractivity contribution in [2.24, 2.45) is 0 Å². The molecule has 0 unspecified atom stereocenters. The third-order valence-corrected chi connectivity index (χ3v) is 3.95. The van der Waals surface area contributed by atoms with Crippen LogP contribution in [0.15, 0.2) is 42.5 Å². The van der Waals surface area contributed by atoms with Gasteiger partial charge in [-0.25, -0.2) is 14.6 Å². The number of esters is 2. The minimum atomic E-state index is -0.614. The molecule has 25 heavy (non-hydrogen) atoms. The molecule has 7 nitrogen and oxygen atoms in total. The molecular weight excluding hydrogens is 344 g/mol. The van der Waals surface area contributed by atoms with Gasteiger partial charge in [-0.1, -0.05) is 41.7 Å². The third-order valence-electron chi connectivity index (χ3n) is 2.93. The summed E-state index contributed by atoms with van der Waals surface area (Å²) in [5.41, 5.74) is 0.895. The molecule has 1 aromatic carbocycles. The summed E-state index contributed by atoms with van der Waals surface area (Å²) in [6.45, 7) is 1.89. The first kappa shape index (κ1) is 18.3. The number of rotatable bonds is 6. The van der Waals surface area contributed by atoms with E-state index < -0.39 is 17.8 Å². The summed E-state index contributed by atoms with van der Waals surface area (Å²) < 4.78 is 9.43. The molecule has 1 N–H and O–H groups in total. The summed E-state index contributed by atoms with van der Waals surface area (Å²) in [6, 6.07) is 9.16. The van der Waals surface area contributed by atoms with Crippen LogP contribution in [0.5, 0.6) is 0 Å². The fourth-order valence-corrected chi connectivity index (χ4v) is 2.84. The van der Waals surface area contributed by atoms with Crippen molar-refractivity contribution in [2.75, 3.05) is 19.0 Å². The molecule has 1 aromatic heterocycles. The lowest BCUT2D eigenvalue weighted by atomic mass is 10.1. The summed E-state index contributed by atoms with van der Waals surface area (Å²) in [6.07, 6.45) is 2.06. The first-order valence-electron chi connectivity index (χ1n) is 7.35. The van der Waals surface area contributed by atoms with Crippen molar-refractivity contribution < 1.29 is 23.9 Å². The second-order valence-electron chi connectivity index (χ2n) is 4.63. The summed E-state index contributed by atoms with van der Waals surface area (Å²) in [5.74, 6) is -1.77. The molecule has 2 rings (SSSR count). The van der Waals surface area contributed by atoms with Crippen LogP contribution >= 0.6 is 11.3 Å². The van der Waals surface area contributed by atoms with E-state index in [4.69, 9.17) is 4.74 Å². The van der Waals surface area contributed by atoms with Gasteiger partial charge in [0, 0.05) is 12.2 Å². The van der Waals surface area contributed by atoms with E-state index in [1.807, 2.05) is 30.3 Å². The standard InChI is InChI=1S/C17H16N2O5S/c1-3-24-13(21)10-9-12(20)18-17-19-14(16(22)23-2)15(25-17)11-7-5-4-6-8-11/h4-10H,3H2,1-2H3,(H,18,19,20)/b10-9+. The van der Waals surface area contributed by atoms with E-state index in [9.17, 15) is 14.4 Å². The van der Waals surface area contributed by atoms with Crippen molar-refractivity contribution >= 4 is 34.3 Å². The highest BCUT2D eigenvalue weighted by Gasteiger charge is 2.20. The Morgan fingerprint density at radius 3 is 2.56 bits per heavy atom. The van der Waals surface area contributed by atoms with E-state index in [0.29, 0.717) is 4.88 Å². The zero-order valence-electron chi connectivity index (χ0n) is 13.6. The first-order chi connectivity index (χ1) is 12.0. The van der Waals surface area contributed by atoms with E-state index in [0.717, 1.165) is 29.1 Å². The number of benzene rings is 1. The van der Waals surface area contributed by atoms with Gasteiger partial charge in [0.15, 0.2) is 10.8 Å². The molecule has 0 radical (unpaired) electrons. The minimum Gasteiger partial charge on any atom is -0.464 e. The summed E-state index contributed by atoms with van der Waals surface area (Å²) in [4.78, 5) is 39.7. The second kappa shape index (κ2) is 8.74. The molecule has 1 heterocycles. The Morgan fingerprint density at radius 2 is 1.92 bits per heavy atom. The lowest BCUT2D eigenvalue weighted by molar-refractivity contribution is -0.137. The number of amides is 1. The number of nitrogens with one attached hydrogen (secondary N) is 1. The van der Waals surface area contributed by atoms with Crippen molar-refractivity contribution in [3.8, 4) is 10.4 Å². The van der Waals surface area contributed by atoms with E-state index >= 15 is 0 Å². The van der Waals surface area contributed by atoms with Crippen LogP contribution in [0.25, 0.3) is 10.4 Å². The Morgan fingerprint density at radius 1 is 1.20 bits per heavy atom. The Kier molecular flexibility index (Phi) is 6.41. The van der Waals surface area contributed by atoms with Gasteiger partial charge in [0.05, 0.1) is 18.6 Å². The number of thiazole rings is 1. The SMILES string of the molecule is CCOC(=O)/C=C/C(=O)Nc1nc(C(=O)OC)c(-c2ccccc2)s1. The van der Waals surface area contributed by atoms with Crippen molar-refractivity contribution in [1.29, 1.82) is 0 Å². The number of hydrogen-bond donors (Lipinski definition) is 1. The van der Waals surface area contributed by atoms with Crippen LogP contribution in [0.3, 0.4) is 0 Å². The molecule has 0 saturated heterocycles. The van der Waals surface area contributed by atoms with Crippen molar-refractivity contribution in [2.45, 2.75) is 6.92 Å². The van der Waals surface area contributed by atoms with Crippen molar-refractivity contribution in [1.82, 2.24) is 4.98 Å². The van der Waals surface area contributed by atoms with Crippen LogP contribution in [0.2, 0.25) is 0 Å². The van der Waals surface area contributed by atoms with Gasteiger partial charge >= 0.3 is 11.9 Å². The quantitative estimate of drug-likeness (QED) is 0.629. The average molecular weight is 360 g/mol. The normalized spacial score (nSPS) is 10.5. The van der Waals surface area contributed by atoms with E-state index in [2.05, 4.69) is 15.0 Å². The number of anilines is 1. The third kappa shape index (κ3) is 4.98. The number of methoxy groups -OCH3 is 1. The summed E-state index contributed by atoms with van der Waals surface area (Å²) in [7, 11) is 1.26. The molecule has 0 aliphatic rings. The summed E-state index contributed by atoms with van der Waals surface area (Å²) >= 11 is 1.14. The van der Waals surface area contributed by atoms with Crippen LogP contribution in [-0.4, -0.2) is 36.5 Å².